The monoisotopic (exact) mass is 514 g/mol. The number of unbranched alkanes of at least 4 members (excludes halogenated alkanes) is 1. The number of allylic oxidation sites excluding steroid dienone is 1. The average Bonchev–Trinajstić information content (AvgIpc) is 3.36. The first-order chi connectivity index (χ1) is 18.4. The van der Waals surface area contributed by atoms with Gasteiger partial charge in [0.05, 0.1) is 0 Å². The normalized spacial score (nSPS) is 13.7. The molecule has 194 valence electrons. The summed E-state index contributed by atoms with van der Waals surface area (Å²) in [7, 11) is 0. The zero-order valence-corrected chi connectivity index (χ0v) is 21.3. The third-order valence-corrected chi connectivity index (χ3v) is 6.74. The number of hydrogen-bond donors (Lipinski definition) is 1. The number of rotatable bonds is 8. The molecule has 4 aromatic rings. The van der Waals surface area contributed by atoms with Crippen LogP contribution in [-0.2, 0) is 6.54 Å². The van der Waals surface area contributed by atoms with E-state index in [1.54, 1.807) is 24.3 Å². The van der Waals surface area contributed by atoms with E-state index < -0.39 is 5.76 Å². The van der Waals surface area contributed by atoms with Crippen LogP contribution in [0.4, 0.5) is 8.78 Å². The first kappa shape index (κ1) is 25.3. The number of H-pyrrole nitrogens is 1. The quantitative estimate of drug-likeness (QED) is 0.280. The van der Waals surface area contributed by atoms with E-state index in [4.69, 9.17) is 4.99 Å². The van der Waals surface area contributed by atoms with E-state index in [-0.39, 0.29) is 17.5 Å². The van der Waals surface area contributed by atoms with Crippen molar-refractivity contribution in [3.63, 3.8) is 0 Å². The minimum atomic E-state index is -0.650. The van der Waals surface area contributed by atoms with E-state index >= 15 is 4.39 Å². The summed E-state index contributed by atoms with van der Waals surface area (Å²) in [5.41, 5.74) is 5.37. The van der Waals surface area contributed by atoms with Crippen LogP contribution in [0.3, 0.4) is 0 Å². The molecule has 0 radical (unpaired) electrons. The lowest BCUT2D eigenvalue weighted by atomic mass is 9.97. The fraction of sp³-hybridized carbons (Fsp3) is 0.233. The van der Waals surface area contributed by atoms with Crippen molar-refractivity contribution in [3.8, 4) is 22.5 Å². The van der Waals surface area contributed by atoms with Crippen molar-refractivity contribution < 1.29 is 13.3 Å². The summed E-state index contributed by atoms with van der Waals surface area (Å²) in [6.45, 7) is 5.01. The summed E-state index contributed by atoms with van der Waals surface area (Å²) in [5.74, 6) is -0.0572. The van der Waals surface area contributed by atoms with Crippen LogP contribution in [0.2, 0.25) is 0 Å². The molecule has 0 atom stereocenters. The van der Waals surface area contributed by atoms with E-state index in [0.29, 0.717) is 29.8 Å². The Morgan fingerprint density at radius 2 is 1.74 bits per heavy atom. The van der Waals surface area contributed by atoms with Crippen molar-refractivity contribution in [2.45, 2.75) is 39.7 Å². The van der Waals surface area contributed by atoms with Crippen LogP contribution in [0.15, 0.2) is 86.7 Å². The van der Waals surface area contributed by atoms with Gasteiger partial charge in [-0.25, -0.2) is 18.6 Å². The van der Waals surface area contributed by atoms with Gasteiger partial charge in [-0.3, -0.25) is 9.51 Å². The minimum absolute atomic E-state index is 0.287. The highest BCUT2D eigenvalue weighted by atomic mass is 19.1. The van der Waals surface area contributed by atoms with Crippen molar-refractivity contribution in [1.29, 1.82) is 0 Å². The molecule has 5 rings (SSSR count). The van der Waals surface area contributed by atoms with Crippen LogP contribution < -0.4 is 5.76 Å². The number of amidine groups is 1. The second-order valence-electron chi connectivity index (χ2n) is 9.35. The molecule has 1 aromatic heterocycles. The van der Waals surface area contributed by atoms with Crippen molar-refractivity contribution in [1.82, 2.24) is 15.0 Å². The summed E-state index contributed by atoms with van der Waals surface area (Å²) >= 11 is 0. The Morgan fingerprint density at radius 3 is 2.42 bits per heavy atom. The predicted octanol–water partition coefficient (Wildman–Crippen LogP) is 6.81. The molecule has 0 bridgehead atoms. The largest absolute Gasteiger partial charge is 0.439 e. The van der Waals surface area contributed by atoms with Crippen molar-refractivity contribution >= 4 is 11.4 Å². The maximum Gasteiger partial charge on any atom is 0.439 e. The van der Waals surface area contributed by atoms with Crippen molar-refractivity contribution in [3.05, 3.63) is 106 Å². The van der Waals surface area contributed by atoms with Gasteiger partial charge in [-0.05, 0) is 53.8 Å². The van der Waals surface area contributed by atoms with Gasteiger partial charge in [0.1, 0.15) is 17.5 Å². The van der Waals surface area contributed by atoms with Crippen molar-refractivity contribution in [2.24, 2.45) is 4.99 Å². The molecule has 8 heteroatoms. The molecule has 0 saturated heterocycles. The maximum absolute atomic E-state index is 15.5. The van der Waals surface area contributed by atoms with Gasteiger partial charge in [-0.15, -0.1) is 0 Å². The van der Waals surface area contributed by atoms with Crippen LogP contribution in [0.25, 0.3) is 28.1 Å². The highest BCUT2D eigenvalue weighted by molar-refractivity contribution is 5.89. The number of nitrogens with one attached hydrogen (secondary N) is 1. The zero-order valence-electron chi connectivity index (χ0n) is 21.3. The number of hydrogen-bond acceptors (Lipinski definition) is 5. The van der Waals surface area contributed by atoms with Gasteiger partial charge in [-0.2, -0.15) is 0 Å². The first-order valence-corrected chi connectivity index (χ1v) is 12.7. The van der Waals surface area contributed by atoms with Gasteiger partial charge >= 0.3 is 5.76 Å². The Labute approximate surface area is 219 Å². The molecule has 1 N–H and O–H groups in total. The van der Waals surface area contributed by atoms with Crippen LogP contribution in [0.1, 0.15) is 44.2 Å². The van der Waals surface area contributed by atoms with Crippen LogP contribution >= 0.6 is 0 Å². The molecule has 1 aliphatic rings. The van der Waals surface area contributed by atoms with Crippen molar-refractivity contribution in [2.75, 3.05) is 6.54 Å². The molecular formula is C30H28F2N4O2. The molecule has 1 aliphatic heterocycles. The van der Waals surface area contributed by atoms with Gasteiger partial charge in [0.15, 0.2) is 5.82 Å². The Kier molecular flexibility index (Phi) is 7.31. The summed E-state index contributed by atoms with van der Waals surface area (Å²) in [6, 6.07) is 18.9. The van der Waals surface area contributed by atoms with Crippen LogP contribution in [-0.4, -0.2) is 27.4 Å². The lowest BCUT2D eigenvalue weighted by molar-refractivity contribution is 0.388. The molecule has 0 saturated carbocycles. The fourth-order valence-electron chi connectivity index (χ4n) is 4.71. The van der Waals surface area contributed by atoms with E-state index in [1.807, 2.05) is 31.2 Å². The zero-order chi connectivity index (χ0) is 26.6. The molecule has 0 aliphatic carbocycles. The van der Waals surface area contributed by atoms with Gasteiger partial charge in [0.25, 0.3) is 0 Å². The molecule has 0 amide bonds. The molecule has 0 fully saturated rings. The smallest absolute Gasteiger partial charge is 0.351 e. The van der Waals surface area contributed by atoms with Gasteiger partial charge in [0.2, 0.25) is 0 Å². The number of aromatic amines is 1. The second kappa shape index (κ2) is 11.0. The molecule has 3 aromatic carbocycles. The standard InChI is InChI=1S/C30H28F2N4O2/c1-3-4-9-28-33-19(2)26(20-12-14-23(31)15-13-20)18-36(28)17-22-11-10-21(16-27(22)32)24-7-5-6-8-25(24)29-34-30(37)38-35-29/h5-8,10-16H,3-4,9,17-18H2,1-2H3,(H,34,35,37). The highest BCUT2D eigenvalue weighted by Gasteiger charge is 2.23. The number of nitrogens with zero attached hydrogens (tertiary/aromatic N) is 3. The first-order valence-electron chi connectivity index (χ1n) is 12.7. The number of aliphatic imine (C=N–C) groups is 1. The summed E-state index contributed by atoms with van der Waals surface area (Å²) in [5, 5.41) is 3.78. The fourth-order valence-corrected chi connectivity index (χ4v) is 4.71. The summed E-state index contributed by atoms with van der Waals surface area (Å²) in [6.07, 6.45) is 2.81. The number of benzene rings is 3. The number of aromatic nitrogens is 2. The predicted molar refractivity (Wildman–Crippen MR) is 144 cm³/mol. The molecule has 38 heavy (non-hydrogen) atoms. The van der Waals surface area contributed by atoms with E-state index in [0.717, 1.165) is 47.5 Å². The Morgan fingerprint density at radius 1 is 1.00 bits per heavy atom. The van der Waals surface area contributed by atoms with E-state index in [9.17, 15) is 9.18 Å². The molecule has 0 unspecified atom stereocenters. The Hall–Kier alpha value is -4.33. The molecule has 0 spiro atoms. The van der Waals surface area contributed by atoms with E-state index in [2.05, 4.69) is 26.5 Å². The average molecular weight is 515 g/mol. The van der Waals surface area contributed by atoms with Gasteiger partial charge < -0.3 is 4.90 Å². The van der Waals surface area contributed by atoms with Gasteiger partial charge in [0, 0.05) is 36.3 Å². The molecular weight excluding hydrogens is 486 g/mol. The highest BCUT2D eigenvalue weighted by Crippen LogP contribution is 2.32. The SMILES string of the molecule is CCCCC1=NC(C)=C(c2ccc(F)cc2)CN1Cc1ccc(-c2ccccc2-c2noc(=O)[nH]2)cc1F. The maximum atomic E-state index is 15.5. The van der Waals surface area contributed by atoms with Gasteiger partial charge in [-0.1, -0.05) is 67.0 Å². The lowest BCUT2D eigenvalue weighted by Gasteiger charge is -2.32. The Bertz CT molecular complexity index is 1570. The third kappa shape index (κ3) is 5.34. The minimum Gasteiger partial charge on any atom is -0.351 e. The molecule has 6 nitrogen and oxygen atoms in total. The lowest BCUT2D eigenvalue weighted by Crippen LogP contribution is -2.35. The van der Waals surface area contributed by atoms with E-state index in [1.165, 1.54) is 18.2 Å². The Balaban J connectivity index is 1.44. The van der Waals surface area contributed by atoms with Crippen LogP contribution in [0.5, 0.6) is 0 Å². The summed E-state index contributed by atoms with van der Waals surface area (Å²) < 4.78 is 33.7. The second-order valence-corrected chi connectivity index (χ2v) is 9.35. The third-order valence-electron chi connectivity index (χ3n) is 6.74. The number of halogens is 2. The molecule has 2 heterocycles. The summed E-state index contributed by atoms with van der Waals surface area (Å²) in [4.78, 5) is 21.0. The topological polar surface area (TPSA) is 74.5 Å². The van der Waals surface area contributed by atoms with Crippen LogP contribution in [0, 0.1) is 11.6 Å².